The molecule has 2 fully saturated rings. The van der Waals surface area contributed by atoms with Crippen LogP contribution in [-0.4, -0.2) is 43.3 Å². The van der Waals surface area contributed by atoms with Gasteiger partial charge in [0.1, 0.15) is 0 Å². The van der Waals surface area contributed by atoms with Gasteiger partial charge in [0.05, 0.1) is 19.7 Å². The zero-order valence-electron chi connectivity index (χ0n) is 13.9. The van der Waals surface area contributed by atoms with Gasteiger partial charge < -0.3 is 10.5 Å². The van der Waals surface area contributed by atoms with Crippen molar-refractivity contribution in [2.75, 3.05) is 26.1 Å². The highest BCUT2D eigenvalue weighted by atomic mass is 127. The van der Waals surface area contributed by atoms with Gasteiger partial charge in [-0.1, -0.05) is 6.07 Å². The molecule has 6 heteroatoms. The van der Waals surface area contributed by atoms with Gasteiger partial charge in [-0.05, 0) is 66.0 Å². The highest BCUT2D eigenvalue weighted by molar-refractivity contribution is 14.1. The number of carbonyl (C=O) groups is 1. The Bertz CT molecular complexity index is 613. The maximum absolute atomic E-state index is 12.6. The number of anilines is 1. The van der Waals surface area contributed by atoms with Crippen LogP contribution in [0.5, 0.6) is 0 Å². The summed E-state index contributed by atoms with van der Waals surface area (Å²) in [7, 11) is 1.45. The van der Waals surface area contributed by atoms with Gasteiger partial charge in [-0.2, -0.15) is 0 Å². The number of hydrogen-bond donors (Lipinski definition) is 1. The minimum atomic E-state index is -0.310. The molecule has 132 valence electrons. The summed E-state index contributed by atoms with van der Waals surface area (Å²) < 4.78 is 18.8. The molecule has 2 saturated heterocycles. The lowest BCUT2D eigenvalue weighted by Gasteiger charge is -2.43. The highest BCUT2D eigenvalue weighted by Gasteiger charge is 2.50. The van der Waals surface area contributed by atoms with Crippen molar-refractivity contribution >= 4 is 34.2 Å². The number of hydrogen-bond acceptors (Lipinski definition) is 4. The Morgan fingerprint density at radius 2 is 2.25 bits per heavy atom. The van der Waals surface area contributed by atoms with Gasteiger partial charge in [-0.3, -0.25) is 14.1 Å². The molecule has 2 N–H and O–H groups in total. The Morgan fingerprint density at radius 1 is 1.46 bits per heavy atom. The lowest BCUT2D eigenvalue weighted by Crippen LogP contribution is -2.51. The first-order valence-corrected chi connectivity index (χ1v) is 9.59. The standard InChI is InChI=1S/C18H24FIN2O2/c1-24-18(23)17-13(11-3-5-14(20)15(21)9-11)10-12-4-6-16(17)22(12)8-2-7-19/h3,5,9,12-13,16-17H,2,4,6-8,10,21H2,1H3/t12-,13+,16+,17-/m0/s1. The number of methoxy groups -OCH3 is 1. The average molecular weight is 446 g/mol. The van der Waals surface area contributed by atoms with Gasteiger partial charge >= 0.3 is 5.97 Å². The summed E-state index contributed by atoms with van der Waals surface area (Å²) in [6.07, 6.45) is 3.48. The number of esters is 1. The van der Waals surface area contributed by atoms with Crippen LogP contribution in [0.4, 0.5) is 10.1 Å². The number of carbonyl (C=O) groups excluding carboxylic acids is 1. The van der Waals surface area contributed by atoms with Crippen LogP contribution in [0.3, 0.4) is 0 Å². The maximum Gasteiger partial charge on any atom is 0.310 e. The minimum absolute atomic E-state index is 0.121. The fourth-order valence-electron chi connectivity index (χ4n) is 4.50. The molecule has 4 atom stereocenters. The van der Waals surface area contributed by atoms with E-state index in [1.54, 1.807) is 0 Å². The lowest BCUT2D eigenvalue weighted by atomic mass is 9.76. The van der Waals surface area contributed by atoms with Crippen LogP contribution in [0.25, 0.3) is 0 Å². The summed E-state index contributed by atoms with van der Waals surface area (Å²) in [4.78, 5) is 14.9. The van der Waals surface area contributed by atoms with Crippen molar-refractivity contribution in [2.24, 2.45) is 5.92 Å². The number of nitrogens with zero attached hydrogens (tertiary/aromatic N) is 1. The van der Waals surface area contributed by atoms with Crippen molar-refractivity contribution in [3.05, 3.63) is 27.3 Å². The second kappa shape index (κ2) is 7.56. The molecule has 1 aromatic carbocycles. The second-order valence-electron chi connectivity index (χ2n) is 6.75. The van der Waals surface area contributed by atoms with Gasteiger partial charge in [0, 0.05) is 33.8 Å². The van der Waals surface area contributed by atoms with E-state index >= 15 is 0 Å². The fourth-order valence-corrected chi connectivity index (χ4v) is 4.83. The zero-order chi connectivity index (χ0) is 17.3. The first-order valence-electron chi connectivity index (χ1n) is 8.51. The van der Waals surface area contributed by atoms with Gasteiger partial charge in [0.15, 0.2) is 0 Å². The molecule has 0 unspecified atom stereocenters. The number of nitrogen functional groups attached to an aromatic ring is 1. The normalized spacial score (nSPS) is 29.6. The molecule has 0 aromatic heterocycles. The Kier molecular flexibility index (Phi) is 5.64. The first kappa shape index (κ1) is 17.9. The molecule has 24 heavy (non-hydrogen) atoms. The van der Waals surface area contributed by atoms with Crippen LogP contribution in [0.1, 0.15) is 37.2 Å². The highest BCUT2D eigenvalue weighted by Crippen LogP contribution is 2.47. The molecule has 0 spiro atoms. The molecule has 0 aliphatic carbocycles. The predicted octanol–water partition coefficient (Wildman–Crippen LogP) is 3.34. The summed E-state index contributed by atoms with van der Waals surface area (Å²) in [5, 5.41) is 0. The fraction of sp³-hybridized carbons (Fsp3) is 0.611. The van der Waals surface area contributed by atoms with E-state index in [2.05, 4.69) is 33.6 Å². The number of fused-ring (bicyclic) bond motifs is 2. The smallest absolute Gasteiger partial charge is 0.310 e. The summed E-state index contributed by atoms with van der Waals surface area (Å²) in [5.74, 6) is -0.239. The van der Waals surface area contributed by atoms with Crippen molar-refractivity contribution in [3.63, 3.8) is 0 Å². The van der Waals surface area contributed by atoms with Crippen LogP contribution in [0, 0.1) is 9.49 Å². The number of nitrogens with two attached hydrogens (primary N) is 1. The Labute approximate surface area is 156 Å². The van der Waals surface area contributed by atoms with E-state index in [-0.39, 0.29) is 30.5 Å². The quantitative estimate of drug-likeness (QED) is 0.429. The molecule has 0 saturated carbocycles. The third-order valence-electron chi connectivity index (χ3n) is 5.54. The van der Waals surface area contributed by atoms with Crippen LogP contribution >= 0.6 is 22.6 Å². The van der Waals surface area contributed by atoms with Crippen molar-refractivity contribution in [2.45, 2.75) is 43.7 Å². The summed E-state index contributed by atoms with van der Waals surface area (Å²) in [5.41, 5.74) is 7.95. The zero-order valence-corrected chi connectivity index (χ0v) is 16.0. The Hall–Kier alpha value is -0.890. The summed E-state index contributed by atoms with van der Waals surface area (Å²) >= 11 is 2.22. The summed E-state index contributed by atoms with van der Waals surface area (Å²) in [6.45, 7) is 0.413. The average Bonchev–Trinajstić information content (AvgIpc) is 2.86. The van der Waals surface area contributed by atoms with Gasteiger partial charge in [0.25, 0.3) is 0 Å². The van der Waals surface area contributed by atoms with Crippen molar-refractivity contribution in [3.8, 4) is 0 Å². The topological polar surface area (TPSA) is 55.6 Å². The summed E-state index contributed by atoms with van der Waals surface area (Å²) in [6, 6.07) is 6.66. The van der Waals surface area contributed by atoms with E-state index in [0.717, 1.165) is 40.6 Å². The van der Waals surface area contributed by atoms with Crippen LogP contribution in [0.15, 0.2) is 18.2 Å². The molecule has 2 bridgehead atoms. The monoisotopic (exact) mass is 446 g/mol. The molecule has 0 amide bonds. The number of piperidine rings is 1. The van der Waals surface area contributed by atoms with Crippen molar-refractivity contribution < 1.29 is 13.9 Å². The molecule has 3 rings (SSSR count). The SMILES string of the molecule is COC(=O)[C@H]1[C@@H](c2ccc(I)c(N)c2)C[C@@H]2CC[C@H]1N2CCCF. The Balaban J connectivity index is 1.92. The molecule has 4 nitrogen and oxygen atoms in total. The van der Waals surface area contributed by atoms with E-state index in [0.29, 0.717) is 12.5 Å². The maximum atomic E-state index is 12.6. The number of benzene rings is 1. The molecule has 0 radical (unpaired) electrons. The minimum Gasteiger partial charge on any atom is -0.469 e. The van der Waals surface area contributed by atoms with Crippen molar-refractivity contribution in [1.82, 2.24) is 4.90 Å². The predicted molar refractivity (Wildman–Crippen MR) is 101 cm³/mol. The van der Waals surface area contributed by atoms with Gasteiger partial charge in [-0.25, -0.2) is 0 Å². The van der Waals surface area contributed by atoms with Gasteiger partial charge in [-0.15, -0.1) is 0 Å². The van der Waals surface area contributed by atoms with Gasteiger partial charge in [0.2, 0.25) is 0 Å². The van der Waals surface area contributed by atoms with E-state index in [1.165, 1.54) is 7.11 Å². The molecule has 2 heterocycles. The molecular weight excluding hydrogens is 422 g/mol. The van der Waals surface area contributed by atoms with E-state index in [4.69, 9.17) is 10.5 Å². The lowest BCUT2D eigenvalue weighted by molar-refractivity contribution is -0.150. The number of alkyl halides is 1. The number of rotatable bonds is 5. The van der Waals surface area contributed by atoms with Crippen LogP contribution in [0.2, 0.25) is 0 Å². The largest absolute Gasteiger partial charge is 0.469 e. The van der Waals surface area contributed by atoms with E-state index in [1.807, 2.05) is 12.1 Å². The molecule has 2 aliphatic rings. The number of ether oxygens (including phenoxy) is 1. The van der Waals surface area contributed by atoms with E-state index < -0.39 is 0 Å². The third-order valence-corrected chi connectivity index (χ3v) is 6.52. The number of halogens is 2. The van der Waals surface area contributed by atoms with Crippen LogP contribution in [-0.2, 0) is 9.53 Å². The van der Waals surface area contributed by atoms with E-state index in [9.17, 15) is 9.18 Å². The van der Waals surface area contributed by atoms with Crippen LogP contribution < -0.4 is 5.73 Å². The van der Waals surface area contributed by atoms with Crippen molar-refractivity contribution in [1.29, 1.82) is 0 Å². The molecule has 2 aliphatic heterocycles. The third kappa shape index (κ3) is 3.27. The first-order chi connectivity index (χ1) is 11.6. The second-order valence-corrected chi connectivity index (χ2v) is 7.91. The Morgan fingerprint density at radius 3 is 2.92 bits per heavy atom. The molecule has 1 aromatic rings. The molecular formula is C18H24FIN2O2.